The van der Waals surface area contributed by atoms with E-state index in [2.05, 4.69) is 10.2 Å². The Bertz CT molecular complexity index is 690. The summed E-state index contributed by atoms with van der Waals surface area (Å²) < 4.78 is 10.9. The van der Waals surface area contributed by atoms with Crippen LogP contribution < -0.4 is 9.47 Å². The van der Waals surface area contributed by atoms with Gasteiger partial charge in [0.15, 0.2) is 16.7 Å². The third kappa shape index (κ3) is 2.14. The smallest absolute Gasteiger partial charge is 0.339 e. The summed E-state index contributed by atoms with van der Waals surface area (Å²) in [6.07, 6.45) is 1.36. The molecule has 102 valence electrons. The Labute approximate surface area is 118 Å². The van der Waals surface area contributed by atoms with Crippen molar-refractivity contribution in [1.29, 1.82) is 0 Å². The van der Waals surface area contributed by atoms with Crippen LogP contribution in [0.4, 0.5) is 0 Å². The van der Waals surface area contributed by atoms with Crippen LogP contribution in [-0.4, -0.2) is 34.5 Å². The van der Waals surface area contributed by atoms with Gasteiger partial charge in [-0.3, -0.25) is 0 Å². The number of carbonyl (C=O) groups is 1. The highest BCUT2D eigenvalue weighted by Gasteiger charge is 2.20. The van der Waals surface area contributed by atoms with Crippen molar-refractivity contribution in [1.82, 2.24) is 10.2 Å². The van der Waals surface area contributed by atoms with Crippen molar-refractivity contribution in [3.8, 4) is 22.6 Å². The summed E-state index contributed by atoms with van der Waals surface area (Å²) in [5.41, 5.74) is 0.927. The zero-order chi connectivity index (χ0) is 14.1. The van der Waals surface area contributed by atoms with E-state index in [-0.39, 0.29) is 10.7 Å². The molecule has 0 aliphatic carbocycles. The molecule has 0 saturated heterocycles. The summed E-state index contributed by atoms with van der Waals surface area (Å²) in [7, 11) is 0. The highest BCUT2D eigenvalue weighted by Crippen LogP contribution is 2.36. The molecule has 0 amide bonds. The highest BCUT2D eigenvalue weighted by molar-refractivity contribution is 6.33. The van der Waals surface area contributed by atoms with E-state index in [9.17, 15) is 9.90 Å². The van der Waals surface area contributed by atoms with Gasteiger partial charge in [-0.05, 0) is 17.7 Å². The van der Waals surface area contributed by atoms with E-state index in [0.717, 1.165) is 0 Å². The van der Waals surface area contributed by atoms with E-state index < -0.39 is 5.97 Å². The van der Waals surface area contributed by atoms with Crippen molar-refractivity contribution in [2.45, 2.75) is 0 Å². The summed E-state index contributed by atoms with van der Waals surface area (Å²) in [4.78, 5) is 11.3. The van der Waals surface area contributed by atoms with E-state index in [1.54, 1.807) is 18.2 Å². The second-order valence-electron chi connectivity index (χ2n) is 4.09. The Morgan fingerprint density at radius 2 is 2.00 bits per heavy atom. The topological polar surface area (TPSA) is 81.5 Å². The maximum absolute atomic E-state index is 11.3. The molecule has 6 nitrogen and oxygen atoms in total. The average molecular weight is 293 g/mol. The van der Waals surface area contributed by atoms with Crippen molar-refractivity contribution >= 4 is 17.6 Å². The number of hydrogen-bond acceptors (Lipinski definition) is 5. The average Bonchev–Trinajstić information content (AvgIpc) is 2.46. The van der Waals surface area contributed by atoms with Gasteiger partial charge in [0.1, 0.15) is 18.8 Å². The number of fused-ring (bicyclic) bond motifs is 1. The van der Waals surface area contributed by atoms with Gasteiger partial charge in [-0.25, -0.2) is 4.79 Å². The third-order valence-electron chi connectivity index (χ3n) is 2.88. The first-order valence-corrected chi connectivity index (χ1v) is 6.19. The van der Waals surface area contributed by atoms with Crippen LogP contribution in [-0.2, 0) is 0 Å². The normalized spacial score (nSPS) is 13.1. The lowest BCUT2D eigenvalue weighted by Crippen LogP contribution is -2.15. The standard InChI is InChI=1S/C13H9ClN2O4/c14-12-11(13(17)18)8(6-15-16-12)7-1-2-9-10(5-7)20-4-3-19-9/h1-2,5-6H,3-4H2,(H,17,18). The number of carboxylic acid groups (broad SMARTS) is 1. The number of carboxylic acids is 1. The zero-order valence-corrected chi connectivity index (χ0v) is 10.9. The van der Waals surface area contributed by atoms with Gasteiger partial charge in [0, 0.05) is 5.56 Å². The molecule has 1 aliphatic heterocycles. The highest BCUT2D eigenvalue weighted by atomic mass is 35.5. The molecule has 2 aromatic rings. The molecule has 20 heavy (non-hydrogen) atoms. The second kappa shape index (κ2) is 4.97. The van der Waals surface area contributed by atoms with E-state index in [0.29, 0.717) is 35.8 Å². The summed E-state index contributed by atoms with van der Waals surface area (Å²) in [5.74, 6) is 0.0396. The fraction of sp³-hybridized carbons (Fsp3) is 0.154. The summed E-state index contributed by atoms with van der Waals surface area (Å²) in [6, 6.07) is 5.16. The molecular formula is C13H9ClN2O4. The predicted octanol–water partition coefficient (Wildman–Crippen LogP) is 2.27. The van der Waals surface area contributed by atoms with Gasteiger partial charge in [-0.15, -0.1) is 5.10 Å². The first-order valence-electron chi connectivity index (χ1n) is 5.81. The number of halogens is 1. The molecule has 0 atom stereocenters. The molecule has 2 heterocycles. The van der Waals surface area contributed by atoms with Crippen LogP contribution in [0.25, 0.3) is 11.1 Å². The Morgan fingerprint density at radius 1 is 1.25 bits per heavy atom. The molecule has 1 aromatic heterocycles. The van der Waals surface area contributed by atoms with Gasteiger partial charge in [0.05, 0.1) is 6.20 Å². The van der Waals surface area contributed by atoms with Gasteiger partial charge >= 0.3 is 5.97 Å². The van der Waals surface area contributed by atoms with Crippen molar-refractivity contribution in [3.63, 3.8) is 0 Å². The van der Waals surface area contributed by atoms with Crippen LogP contribution in [0.3, 0.4) is 0 Å². The maximum atomic E-state index is 11.3. The Kier molecular flexibility index (Phi) is 3.15. The molecule has 1 N–H and O–H groups in total. The number of aromatic carboxylic acids is 1. The van der Waals surface area contributed by atoms with Gasteiger partial charge < -0.3 is 14.6 Å². The molecule has 0 fully saturated rings. The van der Waals surface area contributed by atoms with Gasteiger partial charge in [0.25, 0.3) is 0 Å². The van der Waals surface area contributed by atoms with Crippen molar-refractivity contribution in [3.05, 3.63) is 35.1 Å². The lowest BCUT2D eigenvalue weighted by molar-refractivity contribution is 0.0697. The lowest BCUT2D eigenvalue weighted by Gasteiger charge is -2.19. The van der Waals surface area contributed by atoms with Crippen LogP contribution in [0, 0.1) is 0 Å². The van der Waals surface area contributed by atoms with Crippen LogP contribution in [0.5, 0.6) is 11.5 Å². The Balaban J connectivity index is 2.14. The van der Waals surface area contributed by atoms with Gasteiger partial charge in [-0.2, -0.15) is 5.10 Å². The monoisotopic (exact) mass is 292 g/mol. The molecule has 3 rings (SSSR count). The van der Waals surface area contributed by atoms with Crippen LogP contribution in [0.2, 0.25) is 5.15 Å². The fourth-order valence-electron chi connectivity index (χ4n) is 2.00. The quantitative estimate of drug-likeness (QED) is 0.914. The molecule has 1 aliphatic rings. The maximum Gasteiger partial charge on any atom is 0.339 e. The largest absolute Gasteiger partial charge is 0.486 e. The summed E-state index contributed by atoms with van der Waals surface area (Å²) in [6.45, 7) is 0.951. The van der Waals surface area contributed by atoms with Gasteiger partial charge in [-0.1, -0.05) is 17.7 Å². The zero-order valence-electron chi connectivity index (χ0n) is 10.2. The molecule has 0 unspecified atom stereocenters. The Morgan fingerprint density at radius 3 is 2.75 bits per heavy atom. The van der Waals surface area contributed by atoms with Crippen molar-refractivity contribution in [2.75, 3.05) is 13.2 Å². The number of rotatable bonds is 2. The first kappa shape index (κ1) is 12.7. The van der Waals surface area contributed by atoms with E-state index >= 15 is 0 Å². The van der Waals surface area contributed by atoms with Gasteiger partial charge in [0.2, 0.25) is 0 Å². The summed E-state index contributed by atoms with van der Waals surface area (Å²) in [5, 5.41) is 16.3. The number of hydrogen-bond donors (Lipinski definition) is 1. The van der Waals surface area contributed by atoms with E-state index in [4.69, 9.17) is 21.1 Å². The molecule has 0 bridgehead atoms. The predicted molar refractivity (Wildman–Crippen MR) is 70.4 cm³/mol. The molecule has 0 saturated carbocycles. The Hall–Kier alpha value is -2.34. The number of ether oxygens (including phenoxy) is 2. The van der Waals surface area contributed by atoms with E-state index in [1.165, 1.54) is 6.20 Å². The number of nitrogens with zero attached hydrogens (tertiary/aromatic N) is 2. The van der Waals surface area contributed by atoms with Crippen molar-refractivity contribution in [2.24, 2.45) is 0 Å². The minimum absolute atomic E-state index is 0.0849. The number of aromatic nitrogens is 2. The van der Waals surface area contributed by atoms with E-state index in [1.807, 2.05) is 0 Å². The number of benzene rings is 1. The van der Waals surface area contributed by atoms with Crippen LogP contribution in [0.1, 0.15) is 10.4 Å². The van der Waals surface area contributed by atoms with Crippen LogP contribution >= 0.6 is 11.6 Å². The van der Waals surface area contributed by atoms with Crippen molar-refractivity contribution < 1.29 is 19.4 Å². The molecule has 0 radical (unpaired) electrons. The lowest BCUT2D eigenvalue weighted by atomic mass is 10.0. The minimum atomic E-state index is -1.16. The molecule has 7 heteroatoms. The second-order valence-corrected chi connectivity index (χ2v) is 4.45. The molecular weight excluding hydrogens is 284 g/mol. The molecule has 1 aromatic carbocycles. The fourth-order valence-corrected chi connectivity index (χ4v) is 2.22. The SMILES string of the molecule is O=C(O)c1c(-c2ccc3c(c2)OCCO3)cnnc1Cl. The summed E-state index contributed by atoms with van der Waals surface area (Å²) >= 11 is 5.81. The minimum Gasteiger partial charge on any atom is -0.486 e. The third-order valence-corrected chi connectivity index (χ3v) is 3.14. The molecule has 0 spiro atoms. The van der Waals surface area contributed by atoms with Crippen LogP contribution in [0.15, 0.2) is 24.4 Å². The first-order chi connectivity index (χ1) is 9.66.